The van der Waals surface area contributed by atoms with E-state index in [-0.39, 0.29) is 12.4 Å². The highest BCUT2D eigenvalue weighted by atomic mass is 32.1. The maximum absolute atomic E-state index is 13.5. The molecule has 1 N–H and O–H groups in total. The molecule has 0 atom stereocenters. The Morgan fingerprint density at radius 2 is 2.30 bits per heavy atom. The van der Waals surface area contributed by atoms with E-state index >= 15 is 0 Å². The van der Waals surface area contributed by atoms with Gasteiger partial charge in [0.2, 0.25) is 0 Å². The standard InChI is InChI=1S/C14H12FN3OS/c15-10-2-1-9-3-4-17(11(9)7-10)13-12(8-19)18-5-6-20-14(18)16-13/h1-2,5-7,19H,3-4,8H2. The van der Waals surface area contributed by atoms with Crippen molar-refractivity contribution in [2.45, 2.75) is 13.0 Å². The largest absolute Gasteiger partial charge is 0.390 e. The summed E-state index contributed by atoms with van der Waals surface area (Å²) in [6, 6.07) is 4.85. The maximum atomic E-state index is 13.5. The van der Waals surface area contributed by atoms with E-state index in [1.807, 2.05) is 26.9 Å². The van der Waals surface area contributed by atoms with Crippen molar-refractivity contribution in [3.8, 4) is 0 Å². The molecule has 0 amide bonds. The summed E-state index contributed by atoms with van der Waals surface area (Å²) in [7, 11) is 0. The minimum absolute atomic E-state index is 0.0889. The van der Waals surface area contributed by atoms with E-state index in [0.29, 0.717) is 0 Å². The molecule has 0 aliphatic carbocycles. The zero-order valence-corrected chi connectivity index (χ0v) is 11.4. The molecule has 0 unspecified atom stereocenters. The molecule has 1 aliphatic heterocycles. The predicted octanol–water partition coefficient (Wildman–Crippen LogP) is 2.72. The van der Waals surface area contributed by atoms with Gasteiger partial charge in [-0.2, -0.15) is 0 Å². The topological polar surface area (TPSA) is 40.8 Å². The van der Waals surface area contributed by atoms with Crippen LogP contribution in [-0.4, -0.2) is 21.0 Å². The lowest BCUT2D eigenvalue weighted by Crippen LogP contribution is -2.16. The number of anilines is 2. The van der Waals surface area contributed by atoms with Crippen LogP contribution in [0.5, 0.6) is 0 Å². The number of hydrogen-bond donors (Lipinski definition) is 1. The van der Waals surface area contributed by atoms with Gasteiger partial charge in [0.1, 0.15) is 5.82 Å². The molecule has 0 radical (unpaired) electrons. The molecule has 0 saturated carbocycles. The fourth-order valence-corrected chi connectivity index (χ4v) is 3.48. The Bertz CT molecular complexity index is 795. The van der Waals surface area contributed by atoms with Crippen molar-refractivity contribution >= 4 is 27.8 Å². The third-order valence-electron chi connectivity index (χ3n) is 3.69. The van der Waals surface area contributed by atoms with Crippen LogP contribution in [0.15, 0.2) is 29.8 Å². The number of hydrogen-bond acceptors (Lipinski definition) is 4. The van der Waals surface area contributed by atoms with E-state index in [0.717, 1.165) is 40.7 Å². The zero-order valence-electron chi connectivity index (χ0n) is 10.6. The number of aliphatic hydroxyl groups is 1. The number of halogens is 1. The number of imidazole rings is 1. The van der Waals surface area contributed by atoms with Gasteiger partial charge in [0.05, 0.1) is 12.3 Å². The van der Waals surface area contributed by atoms with Gasteiger partial charge in [0, 0.05) is 23.8 Å². The van der Waals surface area contributed by atoms with Crippen LogP contribution in [0.3, 0.4) is 0 Å². The molecular formula is C14H12FN3OS. The summed E-state index contributed by atoms with van der Waals surface area (Å²) < 4.78 is 15.4. The Balaban J connectivity index is 1.89. The molecule has 20 heavy (non-hydrogen) atoms. The Labute approximate surface area is 118 Å². The first kappa shape index (κ1) is 11.9. The summed E-state index contributed by atoms with van der Waals surface area (Å²) in [6.07, 6.45) is 2.76. The van der Waals surface area contributed by atoms with Crippen molar-refractivity contribution in [1.82, 2.24) is 9.38 Å². The molecule has 0 bridgehead atoms. The molecule has 0 spiro atoms. The zero-order chi connectivity index (χ0) is 13.7. The number of nitrogens with zero attached hydrogens (tertiary/aromatic N) is 3. The van der Waals surface area contributed by atoms with E-state index in [1.165, 1.54) is 23.5 Å². The lowest BCUT2D eigenvalue weighted by molar-refractivity contribution is 0.276. The molecule has 0 saturated heterocycles. The number of thiazole rings is 1. The lowest BCUT2D eigenvalue weighted by atomic mass is 10.2. The monoisotopic (exact) mass is 289 g/mol. The first-order valence-corrected chi connectivity index (χ1v) is 7.27. The van der Waals surface area contributed by atoms with Gasteiger partial charge in [-0.1, -0.05) is 6.07 Å². The van der Waals surface area contributed by atoms with E-state index in [2.05, 4.69) is 4.98 Å². The van der Waals surface area contributed by atoms with Crippen LogP contribution in [0.4, 0.5) is 15.9 Å². The first-order valence-electron chi connectivity index (χ1n) is 6.39. The van der Waals surface area contributed by atoms with Crippen LogP contribution in [0, 0.1) is 5.82 Å². The predicted molar refractivity (Wildman–Crippen MR) is 76.1 cm³/mol. The Morgan fingerprint density at radius 1 is 1.40 bits per heavy atom. The van der Waals surface area contributed by atoms with Gasteiger partial charge in [0.15, 0.2) is 10.8 Å². The average Bonchev–Trinajstić information content (AvgIpc) is 3.09. The van der Waals surface area contributed by atoms with Crippen molar-refractivity contribution in [3.63, 3.8) is 0 Å². The van der Waals surface area contributed by atoms with Gasteiger partial charge in [-0.15, -0.1) is 11.3 Å². The molecule has 102 valence electrons. The number of benzene rings is 1. The van der Waals surface area contributed by atoms with Gasteiger partial charge in [-0.3, -0.25) is 4.40 Å². The molecule has 6 heteroatoms. The fraction of sp³-hybridized carbons (Fsp3) is 0.214. The average molecular weight is 289 g/mol. The summed E-state index contributed by atoms with van der Waals surface area (Å²) in [4.78, 5) is 7.41. The van der Waals surface area contributed by atoms with Crippen LogP contribution < -0.4 is 4.90 Å². The molecule has 4 rings (SSSR count). The molecule has 4 nitrogen and oxygen atoms in total. The van der Waals surface area contributed by atoms with Crippen LogP contribution in [0.2, 0.25) is 0 Å². The quantitative estimate of drug-likeness (QED) is 0.788. The molecule has 1 aliphatic rings. The smallest absolute Gasteiger partial charge is 0.195 e. The van der Waals surface area contributed by atoms with Crippen LogP contribution in [-0.2, 0) is 13.0 Å². The summed E-state index contributed by atoms with van der Waals surface area (Å²) in [5, 5.41) is 11.6. The van der Waals surface area contributed by atoms with Crippen molar-refractivity contribution in [2.24, 2.45) is 0 Å². The van der Waals surface area contributed by atoms with Crippen LogP contribution in [0.1, 0.15) is 11.3 Å². The second-order valence-electron chi connectivity index (χ2n) is 4.77. The molecule has 2 aromatic heterocycles. The van der Waals surface area contributed by atoms with Gasteiger partial charge < -0.3 is 10.0 Å². The summed E-state index contributed by atoms with van der Waals surface area (Å²) in [5.41, 5.74) is 2.72. The number of rotatable bonds is 2. The maximum Gasteiger partial charge on any atom is 0.195 e. The number of aromatic nitrogens is 2. The van der Waals surface area contributed by atoms with Gasteiger partial charge in [-0.05, 0) is 24.1 Å². The highest BCUT2D eigenvalue weighted by Crippen LogP contribution is 2.37. The third-order valence-corrected chi connectivity index (χ3v) is 4.44. The molecular weight excluding hydrogens is 277 g/mol. The summed E-state index contributed by atoms with van der Waals surface area (Å²) in [6.45, 7) is 0.672. The van der Waals surface area contributed by atoms with Crippen LogP contribution in [0.25, 0.3) is 4.96 Å². The Hall–Kier alpha value is -1.92. The number of aliphatic hydroxyl groups excluding tert-OH is 1. The molecule has 3 aromatic rings. The first-order chi connectivity index (χ1) is 9.78. The summed E-state index contributed by atoms with van der Waals surface area (Å²) in [5.74, 6) is 0.478. The van der Waals surface area contributed by atoms with E-state index < -0.39 is 0 Å². The Kier molecular flexibility index (Phi) is 2.55. The van der Waals surface area contributed by atoms with Crippen molar-refractivity contribution in [3.05, 3.63) is 46.9 Å². The van der Waals surface area contributed by atoms with E-state index in [1.54, 1.807) is 0 Å². The van der Waals surface area contributed by atoms with E-state index in [4.69, 9.17) is 0 Å². The lowest BCUT2D eigenvalue weighted by Gasteiger charge is -2.18. The minimum Gasteiger partial charge on any atom is -0.390 e. The second-order valence-corrected chi connectivity index (χ2v) is 5.64. The van der Waals surface area contributed by atoms with Crippen molar-refractivity contribution < 1.29 is 9.50 Å². The fourth-order valence-electron chi connectivity index (χ4n) is 2.76. The molecule has 3 heterocycles. The second kappa shape index (κ2) is 4.29. The Morgan fingerprint density at radius 3 is 3.15 bits per heavy atom. The normalized spacial score (nSPS) is 14.2. The van der Waals surface area contributed by atoms with Crippen LogP contribution >= 0.6 is 11.3 Å². The van der Waals surface area contributed by atoms with Crippen molar-refractivity contribution in [2.75, 3.05) is 11.4 Å². The SMILES string of the molecule is OCc1c(N2CCc3ccc(F)cc32)nc2sccn12. The highest BCUT2D eigenvalue weighted by molar-refractivity contribution is 7.15. The highest BCUT2D eigenvalue weighted by Gasteiger charge is 2.26. The number of fused-ring (bicyclic) bond motifs is 2. The van der Waals surface area contributed by atoms with Crippen molar-refractivity contribution in [1.29, 1.82) is 0 Å². The van der Waals surface area contributed by atoms with E-state index in [9.17, 15) is 9.50 Å². The molecule has 1 aromatic carbocycles. The van der Waals surface area contributed by atoms with Gasteiger partial charge in [0.25, 0.3) is 0 Å². The minimum atomic E-state index is -0.248. The molecule has 0 fully saturated rings. The van der Waals surface area contributed by atoms with Gasteiger partial charge in [-0.25, -0.2) is 9.37 Å². The third kappa shape index (κ3) is 1.58. The summed E-state index contributed by atoms with van der Waals surface area (Å²) >= 11 is 1.52. The van der Waals surface area contributed by atoms with Gasteiger partial charge >= 0.3 is 0 Å².